The minimum absolute atomic E-state index is 0.0487. The molecule has 0 bridgehead atoms. The Hall–Kier alpha value is -1.89. The molecule has 18 heavy (non-hydrogen) atoms. The van der Waals surface area contributed by atoms with Crippen LogP contribution < -0.4 is 0 Å². The van der Waals surface area contributed by atoms with E-state index in [1.807, 2.05) is 18.2 Å². The second kappa shape index (κ2) is 5.63. The zero-order valence-electron chi connectivity index (χ0n) is 10.9. The Labute approximate surface area is 108 Å². The molecule has 0 aliphatic rings. The highest BCUT2D eigenvalue weighted by atomic mass is 16.1. The van der Waals surface area contributed by atoms with Crippen molar-refractivity contribution in [2.75, 3.05) is 0 Å². The SMILES string of the molecule is Cc1ccc(C(C=O)Cc2cccc(C)c2)cc1. The lowest BCUT2D eigenvalue weighted by atomic mass is 9.92. The normalized spacial score (nSPS) is 12.1. The van der Waals surface area contributed by atoms with E-state index in [1.54, 1.807) is 0 Å². The molecule has 0 aliphatic carbocycles. The summed E-state index contributed by atoms with van der Waals surface area (Å²) in [5, 5.41) is 0. The zero-order chi connectivity index (χ0) is 13.0. The van der Waals surface area contributed by atoms with Crippen LogP contribution in [0.5, 0.6) is 0 Å². The van der Waals surface area contributed by atoms with Gasteiger partial charge in [0.2, 0.25) is 0 Å². The van der Waals surface area contributed by atoms with Crippen LogP contribution in [0.15, 0.2) is 48.5 Å². The van der Waals surface area contributed by atoms with Crippen LogP contribution >= 0.6 is 0 Å². The Kier molecular flexibility index (Phi) is 3.93. The van der Waals surface area contributed by atoms with E-state index in [1.165, 1.54) is 16.7 Å². The first-order chi connectivity index (χ1) is 8.69. The van der Waals surface area contributed by atoms with Gasteiger partial charge in [0, 0.05) is 5.92 Å². The van der Waals surface area contributed by atoms with Crippen LogP contribution in [0.4, 0.5) is 0 Å². The number of hydrogen-bond acceptors (Lipinski definition) is 1. The standard InChI is InChI=1S/C17H18O/c1-13-6-8-16(9-7-13)17(12-18)11-15-5-3-4-14(2)10-15/h3-10,12,17H,11H2,1-2H3. The van der Waals surface area contributed by atoms with E-state index in [9.17, 15) is 4.79 Å². The molecule has 0 spiro atoms. The van der Waals surface area contributed by atoms with Gasteiger partial charge in [0.15, 0.2) is 0 Å². The molecule has 0 amide bonds. The van der Waals surface area contributed by atoms with Gasteiger partial charge in [-0.15, -0.1) is 0 Å². The fourth-order valence-electron chi connectivity index (χ4n) is 2.15. The van der Waals surface area contributed by atoms with E-state index in [0.717, 1.165) is 18.3 Å². The topological polar surface area (TPSA) is 17.1 Å². The van der Waals surface area contributed by atoms with E-state index in [-0.39, 0.29) is 5.92 Å². The Morgan fingerprint density at radius 1 is 1.00 bits per heavy atom. The largest absolute Gasteiger partial charge is 0.303 e. The summed E-state index contributed by atoms with van der Waals surface area (Å²) in [6.07, 6.45) is 1.82. The maximum atomic E-state index is 11.3. The Bertz CT molecular complexity index is 526. The molecule has 0 aromatic heterocycles. The summed E-state index contributed by atoms with van der Waals surface area (Å²) >= 11 is 0. The summed E-state index contributed by atoms with van der Waals surface area (Å²) in [6.45, 7) is 4.13. The van der Waals surface area contributed by atoms with E-state index in [4.69, 9.17) is 0 Å². The van der Waals surface area contributed by atoms with E-state index in [0.29, 0.717) is 0 Å². The molecule has 0 radical (unpaired) electrons. The third-order valence-electron chi connectivity index (χ3n) is 3.21. The number of carbonyl (C=O) groups excluding carboxylic acids is 1. The van der Waals surface area contributed by atoms with Gasteiger partial charge in [0.25, 0.3) is 0 Å². The van der Waals surface area contributed by atoms with Gasteiger partial charge in [-0.1, -0.05) is 59.7 Å². The summed E-state index contributed by atoms with van der Waals surface area (Å²) in [4.78, 5) is 11.3. The molecule has 0 N–H and O–H groups in total. The molecular formula is C17H18O. The van der Waals surface area contributed by atoms with Crippen LogP contribution in [0.25, 0.3) is 0 Å². The van der Waals surface area contributed by atoms with Gasteiger partial charge in [-0.2, -0.15) is 0 Å². The predicted molar refractivity (Wildman–Crippen MR) is 74.9 cm³/mol. The molecule has 92 valence electrons. The van der Waals surface area contributed by atoms with E-state index < -0.39 is 0 Å². The minimum Gasteiger partial charge on any atom is -0.303 e. The maximum absolute atomic E-state index is 11.3. The molecule has 2 aromatic carbocycles. The molecule has 0 heterocycles. The number of carbonyl (C=O) groups is 1. The Balaban J connectivity index is 2.19. The summed E-state index contributed by atoms with van der Waals surface area (Å²) in [5.41, 5.74) is 4.77. The van der Waals surface area contributed by atoms with Crippen LogP contribution in [0.1, 0.15) is 28.2 Å². The lowest BCUT2D eigenvalue weighted by Crippen LogP contribution is -2.04. The second-order valence-electron chi connectivity index (χ2n) is 4.85. The first-order valence-corrected chi connectivity index (χ1v) is 6.26. The minimum atomic E-state index is -0.0487. The number of hydrogen-bond donors (Lipinski definition) is 0. The highest BCUT2D eigenvalue weighted by Gasteiger charge is 2.11. The summed E-state index contributed by atoms with van der Waals surface area (Å²) < 4.78 is 0. The zero-order valence-corrected chi connectivity index (χ0v) is 10.9. The number of aryl methyl sites for hydroxylation is 2. The fourth-order valence-corrected chi connectivity index (χ4v) is 2.15. The van der Waals surface area contributed by atoms with Gasteiger partial charge < -0.3 is 4.79 Å². The molecule has 2 aromatic rings. The van der Waals surface area contributed by atoms with Crippen LogP contribution in [0, 0.1) is 13.8 Å². The molecule has 1 heteroatoms. The summed E-state index contributed by atoms with van der Waals surface area (Å²) in [7, 11) is 0. The van der Waals surface area contributed by atoms with Crippen LogP contribution in [-0.2, 0) is 11.2 Å². The molecule has 1 atom stereocenters. The maximum Gasteiger partial charge on any atom is 0.127 e. The summed E-state index contributed by atoms with van der Waals surface area (Å²) in [5.74, 6) is -0.0487. The Morgan fingerprint density at radius 3 is 2.33 bits per heavy atom. The number of rotatable bonds is 4. The highest BCUT2D eigenvalue weighted by molar-refractivity contribution is 5.63. The molecule has 2 rings (SSSR count). The quantitative estimate of drug-likeness (QED) is 0.740. The van der Waals surface area contributed by atoms with Gasteiger partial charge in [0.1, 0.15) is 6.29 Å². The van der Waals surface area contributed by atoms with Crippen LogP contribution in [0.3, 0.4) is 0 Å². The van der Waals surface area contributed by atoms with Crippen molar-refractivity contribution in [3.05, 3.63) is 70.8 Å². The molecule has 0 fully saturated rings. The predicted octanol–water partition coefficient (Wildman–Crippen LogP) is 3.83. The van der Waals surface area contributed by atoms with Gasteiger partial charge in [-0.05, 0) is 31.4 Å². The van der Waals surface area contributed by atoms with Crippen LogP contribution in [-0.4, -0.2) is 6.29 Å². The van der Waals surface area contributed by atoms with E-state index in [2.05, 4.69) is 44.2 Å². The molecule has 1 nitrogen and oxygen atoms in total. The van der Waals surface area contributed by atoms with Crippen molar-refractivity contribution in [3.63, 3.8) is 0 Å². The molecule has 0 saturated carbocycles. The number of benzene rings is 2. The van der Waals surface area contributed by atoms with Crippen molar-refractivity contribution in [2.24, 2.45) is 0 Å². The number of aldehydes is 1. The average molecular weight is 238 g/mol. The third kappa shape index (κ3) is 3.07. The highest BCUT2D eigenvalue weighted by Crippen LogP contribution is 2.20. The lowest BCUT2D eigenvalue weighted by molar-refractivity contribution is -0.109. The third-order valence-corrected chi connectivity index (χ3v) is 3.21. The molecule has 0 aliphatic heterocycles. The smallest absolute Gasteiger partial charge is 0.127 e. The van der Waals surface area contributed by atoms with Gasteiger partial charge >= 0.3 is 0 Å². The summed E-state index contributed by atoms with van der Waals surface area (Å²) in [6, 6.07) is 16.5. The first-order valence-electron chi connectivity index (χ1n) is 6.26. The Morgan fingerprint density at radius 2 is 1.72 bits per heavy atom. The average Bonchev–Trinajstić information content (AvgIpc) is 2.37. The van der Waals surface area contributed by atoms with Crippen molar-refractivity contribution in [1.82, 2.24) is 0 Å². The lowest BCUT2D eigenvalue weighted by Gasteiger charge is -2.11. The van der Waals surface area contributed by atoms with Crippen molar-refractivity contribution in [2.45, 2.75) is 26.2 Å². The molecule has 0 saturated heterocycles. The van der Waals surface area contributed by atoms with Gasteiger partial charge in [-0.3, -0.25) is 0 Å². The molecule has 1 unspecified atom stereocenters. The first kappa shape index (κ1) is 12.6. The van der Waals surface area contributed by atoms with Gasteiger partial charge in [0.05, 0.1) is 0 Å². The van der Waals surface area contributed by atoms with Crippen molar-refractivity contribution >= 4 is 6.29 Å². The van der Waals surface area contributed by atoms with Gasteiger partial charge in [-0.25, -0.2) is 0 Å². The second-order valence-corrected chi connectivity index (χ2v) is 4.85. The fraction of sp³-hybridized carbons (Fsp3) is 0.235. The van der Waals surface area contributed by atoms with Crippen molar-refractivity contribution in [1.29, 1.82) is 0 Å². The van der Waals surface area contributed by atoms with E-state index >= 15 is 0 Å². The van der Waals surface area contributed by atoms with Crippen LogP contribution in [0.2, 0.25) is 0 Å². The van der Waals surface area contributed by atoms with Crippen molar-refractivity contribution in [3.8, 4) is 0 Å². The molecular weight excluding hydrogens is 220 g/mol. The monoisotopic (exact) mass is 238 g/mol. The van der Waals surface area contributed by atoms with Crippen molar-refractivity contribution < 1.29 is 4.79 Å².